The molecule has 6 heteroatoms. The molecular weight excluding hydrogens is 332 g/mol. The molecule has 2 N–H and O–H groups in total. The van der Waals surface area contributed by atoms with Crippen molar-refractivity contribution in [3.05, 3.63) is 23.8 Å². The van der Waals surface area contributed by atoms with E-state index in [-0.39, 0.29) is 24.4 Å². The molecule has 0 unspecified atom stereocenters. The Morgan fingerprint density at radius 1 is 1.04 bits per heavy atom. The van der Waals surface area contributed by atoms with Gasteiger partial charge in [-0.15, -0.1) is 0 Å². The molecule has 0 atom stereocenters. The Morgan fingerprint density at radius 2 is 1.77 bits per heavy atom. The lowest BCUT2D eigenvalue weighted by molar-refractivity contribution is -0.126. The van der Waals surface area contributed by atoms with Gasteiger partial charge >= 0.3 is 0 Å². The van der Waals surface area contributed by atoms with Crippen molar-refractivity contribution in [3.63, 3.8) is 0 Å². The summed E-state index contributed by atoms with van der Waals surface area (Å²) in [6.45, 7) is 0.0612. The average molecular weight is 362 g/mol. The zero-order valence-electron chi connectivity index (χ0n) is 15.8. The lowest BCUT2D eigenvalue weighted by atomic mass is 9.95. The number of ether oxygens (including phenoxy) is 2. The van der Waals surface area contributed by atoms with Crippen molar-refractivity contribution >= 4 is 11.8 Å². The first kappa shape index (κ1) is 20.1. The van der Waals surface area contributed by atoms with Crippen LogP contribution in [0.25, 0.3) is 0 Å². The van der Waals surface area contributed by atoms with Gasteiger partial charge in [0.15, 0.2) is 11.5 Å². The molecule has 26 heavy (non-hydrogen) atoms. The second-order valence-electron chi connectivity index (χ2n) is 6.72. The molecule has 0 bridgehead atoms. The predicted octanol–water partition coefficient (Wildman–Crippen LogP) is 2.59. The number of hydrogen-bond acceptors (Lipinski definition) is 4. The van der Waals surface area contributed by atoms with Crippen LogP contribution in [-0.4, -0.2) is 38.6 Å². The fourth-order valence-corrected chi connectivity index (χ4v) is 3.28. The van der Waals surface area contributed by atoms with Crippen LogP contribution in [0.5, 0.6) is 11.5 Å². The zero-order chi connectivity index (χ0) is 18.8. The number of benzene rings is 1. The predicted molar refractivity (Wildman–Crippen MR) is 101 cm³/mol. The summed E-state index contributed by atoms with van der Waals surface area (Å²) in [7, 11) is 3.21. The van der Waals surface area contributed by atoms with Gasteiger partial charge < -0.3 is 20.1 Å². The largest absolute Gasteiger partial charge is 0.493 e. The average Bonchev–Trinajstić information content (AvgIpc) is 2.67. The van der Waals surface area contributed by atoms with Crippen LogP contribution in [0.1, 0.15) is 50.5 Å². The molecule has 6 nitrogen and oxygen atoms in total. The highest BCUT2D eigenvalue weighted by molar-refractivity contribution is 5.84. The summed E-state index contributed by atoms with van der Waals surface area (Å²) in [6.07, 6.45) is 7.57. The topological polar surface area (TPSA) is 76.7 Å². The van der Waals surface area contributed by atoms with Crippen LogP contribution in [0, 0.1) is 0 Å². The molecule has 0 aromatic heterocycles. The van der Waals surface area contributed by atoms with E-state index in [1.165, 1.54) is 19.3 Å². The van der Waals surface area contributed by atoms with E-state index in [1.54, 1.807) is 14.2 Å². The summed E-state index contributed by atoms with van der Waals surface area (Å²) < 4.78 is 10.5. The number of carbonyl (C=O) groups is 2. The highest BCUT2D eigenvalue weighted by Gasteiger charge is 2.15. The van der Waals surface area contributed by atoms with Gasteiger partial charge in [-0.25, -0.2) is 0 Å². The number of hydrogen-bond donors (Lipinski definition) is 2. The lowest BCUT2D eigenvalue weighted by Gasteiger charge is -2.22. The highest BCUT2D eigenvalue weighted by Crippen LogP contribution is 2.28. The van der Waals surface area contributed by atoms with Gasteiger partial charge in [-0.1, -0.05) is 25.3 Å². The van der Waals surface area contributed by atoms with E-state index in [9.17, 15) is 9.59 Å². The molecule has 1 aliphatic rings. The maximum Gasteiger partial charge on any atom is 0.239 e. The molecule has 0 heterocycles. The van der Waals surface area contributed by atoms with E-state index in [4.69, 9.17) is 9.47 Å². The van der Waals surface area contributed by atoms with Crippen LogP contribution < -0.4 is 20.1 Å². The number of carbonyl (C=O) groups excluding carboxylic acids is 2. The Labute approximate surface area is 155 Å². The first-order valence-corrected chi connectivity index (χ1v) is 9.39. The quantitative estimate of drug-likeness (QED) is 0.708. The third-order valence-corrected chi connectivity index (χ3v) is 4.73. The number of nitrogens with one attached hydrogen (secondary N) is 2. The zero-order valence-corrected chi connectivity index (χ0v) is 15.8. The summed E-state index contributed by atoms with van der Waals surface area (Å²) in [5, 5.41) is 5.70. The molecule has 1 aromatic carbocycles. The Kier molecular flexibility index (Phi) is 8.25. The van der Waals surface area contributed by atoms with Crippen LogP contribution in [0.3, 0.4) is 0 Å². The van der Waals surface area contributed by atoms with Gasteiger partial charge in [0.1, 0.15) is 0 Å². The van der Waals surface area contributed by atoms with Crippen molar-refractivity contribution in [2.24, 2.45) is 0 Å². The highest BCUT2D eigenvalue weighted by atomic mass is 16.5. The molecule has 0 spiro atoms. The van der Waals surface area contributed by atoms with Crippen LogP contribution in [-0.2, 0) is 16.0 Å². The Bertz CT molecular complexity index is 597. The first-order chi connectivity index (χ1) is 12.6. The van der Waals surface area contributed by atoms with E-state index >= 15 is 0 Å². The smallest absolute Gasteiger partial charge is 0.239 e. The standard InChI is InChI=1S/C20H30N2O4/c1-25-17-12-11-15(13-18(17)26-2)7-6-10-19(23)21-14-20(24)22-16-8-4-3-5-9-16/h11-13,16H,3-10,14H2,1-2H3,(H,21,23)(H,22,24). The second-order valence-corrected chi connectivity index (χ2v) is 6.72. The molecule has 1 aliphatic carbocycles. The van der Waals surface area contributed by atoms with Crippen molar-refractivity contribution in [2.75, 3.05) is 20.8 Å². The van der Waals surface area contributed by atoms with Crippen molar-refractivity contribution < 1.29 is 19.1 Å². The maximum absolute atomic E-state index is 11.9. The van der Waals surface area contributed by atoms with Gasteiger partial charge in [0.2, 0.25) is 11.8 Å². The fourth-order valence-electron chi connectivity index (χ4n) is 3.28. The molecule has 0 saturated heterocycles. The van der Waals surface area contributed by atoms with E-state index in [2.05, 4.69) is 10.6 Å². The Balaban J connectivity index is 1.64. The molecule has 2 amide bonds. The third-order valence-electron chi connectivity index (χ3n) is 4.73. The number of rotatable bonds is 9. The fraction of sp³-hybridized carbons (Fsp3) is 0.600. The number of amides is 2. The van der Waals surface area contributed by atoms with Crippen LogP contribution >= 0.6 is 0 Å². The van der Waals surface area contributed by atoms with E-state index < -0.39 is 0 Å². The van der Waals surface area contributed by atoms with Crippen LogP contribution in [0.15, 0.2) is 18.2 Å². The van der Waals surface area contributed by atoms with Crippen LogP contribution in [0.4, 0.5) is 0 Å². The minimum absolute atomic E-state index is 0.0612. The minimum atomic E-state index is -0.0933. The van der Waals surface area contributed by atoms with E-state index in [0.29, 0.717) is 24.3 Å². The van der Waals surface area contributed by atoms with Crippen molar-refractivity contribution in [3.8, 4) is 11.5 Å². The molecule has 0 aliphatic heterocycles. The molecule has 1 saturated carbocycles. The molecular formula is C20H30N2O4. The summed E-state index contributed by atoms with van der Waals surface area (Å²) in [5.41, 5.74) is 1.09. The maximum atomic E-state index is 11.9. The van der Waals surface area contributed by atoms with Gasteiger partial charge in [-0.05, 0) is 43.4 Å². The molecule has 1 fully saturated rings. The van der Waals surface area contributed by atoms with Gasteiger partial charge in [0.25, 0.3) is 0 Å². The van der Waals surface area contributed by atoms with Gasteiger partial charge in [0, 0.05) is 12.5 Å². The summed E-state index contributed by atoms with van der Waals surface area (Å²) in [4.78, 5) is 23.8. The lowest BCUT2D eigenvalue weighted by Crippen LogP contribution is -2.42. The Morgan fingerprint density at radius 3 is 2.46 bits per heavy atom. The molecule has 1 aromatic rings. The Hall–Kier alpha value is -2.24. The monoisotopic (exact) mass is 362 g/mol. The van der Waals surface area contributed by atoms with Gasteiger partial charge in [-0.2, -0.15) is 0 Å². The summed E-state index contributed by atoms with van der Waals surface area (Å²) in [6, 6.07) is 6.04. The van der Waals surface area contributed by atoms with Crippen molar-refractivity contribution in [1.29, 1.82) is 0 Å². The van der Waals surface area contributed by atoms with Gasteiger partial charge in [-0.3, -0.25) is 9.59 Å². The summed E-state index contributed by atoms with van der Waals surface area (Å²) >= 11 is 0. The van der Waals surface area contributed by atoms with Crippen LogP contribution in [0.2, 0.25) is 0 Å². The number of aryl methyl sites for hydroxylation is 1. The molecule has 144 valence electrons. The van der Waals surface area contributed by atoms with E-state index in [1.807, 2.05) is 18.2 Å². The van der Waals surface area contributed by atoms with Gasteiger partial charge in [0.05, 0.1) is 20.8 Å². The normalized spacial score (nSPS) is 14.5. The number of methoxy groups -OCH3 is 2. The molecule has 0 radical (unpaired) electrons. The SMILES string of the molecule is COc1ccc(CCCC(=O)NCC(=O)NC2CCCCC2)cc1OC. The first-order valence-electron chi connectivity index (χ1n) is 9.39. The molecule has 2 rings (SSSR count). The van der Waals surface area contributed by atoms with Crippen molar-refractivity contribution in [2.45, 2.75) is 57.4 Å². The minimum Gasteiger partial charge on any atom is -0.493 e. The summed E-state index contributed by atoms with van der Waals surface area (Å²) in [5.74, 6) is 1.20. The van der Waals surface area contributed by atoms with E-state index in [0.717, 1.165) is 24.8 Å². The second kappa shape index (κ2) is 10.7. The van der Waals surface area contributed by atoms with Crippen molar-refractivity contribution in [1.82, 2.24) is 10.6 Å². The third kappa shape index (κ3) is 6.58.